The zero-order valence-electron chi connectivity index (χ0n) is 59.0. The van der Waals surface area contributed by atoms with Crippen molar-refractivity contribution in [2.45, 2.75) is 0 Å². The van der Waals surface area contributed by atoms with Gasteiger partial charge in [-0.2, -0.15) is 0 Å². The molecule has 11 rings (SSSR count). The summed E-state index contributed by atoms with van der Waals surface area (Å²) >= 11 is 0.619. The van der Waals surface area contributed by atoms with Crippen molar-refractivity contribution >= 4 is 53.4 Å². The predicted molar refractivity (Wildman–Crippen MR) is 239 cm³/mol. The smallest absolute Gasteiger partial charge is 0.143 e. The van der Waals surface area contributed by atoms with E-state index < -0.39 is 259 Å². The Bertz CT molecular complexity index is 4950. The standard InChI is InChI=1S/C54H34OS/c1-4-14-35(15-5-1)37-26-28-38(29-27-37)41-30-40(36-16-6-2-7-17-36)31-42(32-41)44-21-12-23-47-48-24-13-22-45(53(48)55-52(44)47)43-33-49(39-18-8-3-9-19-39)54-50(34-43)46-20-10-11-25-51(46)56-54/h1-34H/i1D,2D,3D,4D,5D,6D,7D,8D,9D,10D,11D,12D,13D,14D,15D,16D,17D,18D,19D,20D,21D,22D,23D,24D,25D,26D,27D,28D,29D,33D,34D. The van der Waals surface area contributed by atoms with Crippen LogP contribution in [0.5, 0.6) is 0 Å². The lowest BCUT2D eigenvalue weighted by atomic mass is 9.92. The zero-order valence-corrected chi connectivity index (χ0v) is 28.9. The number of furan rings is 1. The summed E-state index contributed by atoms with van der Waals surface area (Å²) in [6.07, 6.45) is 0. The average molecular weight is 762 g/mol. The molecule has 0 aliphatic carbocycles. The van der Waals surface area contributed by atoms with E-state index in [4.69, 9.17) is 30.5 Å². The molecule has 0 spiro atoms. The molecule has 2 aromatic heterocycles. The van der Waals surface area contributed by atoms with E-state index in [0.29, 0.717) is 11.3 Å². The van der Waals surface area contributed by atoms with Gasteiger partial charge in [0.1, 0.15) is 11.2 Å². The van der Waals surface area contributed by atoms with Crippen LogP contribution in [0.3, 0.4) is 0 Å². The molecule has 0 amide bonds. The monoisotopic (exact) mass is 761 g/mol. The van der Waals surface area contributed by atoms with Crippen LogP contribution < -0.4 is 0 Å². The van der Waals surface area contributed by atoms with E-state index in [1.54, 1.807) is 0 Å². The van der Waals surface area contributed by atoms with Crippen molar-refractivity contribution in [3.63, 3.8) is 0 Å². The van der Waals surface area contributed by atoms with Gasteiger partial charge >= 0.3 is 0 Å². The highest BCUT2D eigenvalue weighted by Gasteiger charge is 2.19. The van der Waals surface area contributed by atoms with Gasteiger partial charge in [0.05, 0.1) is 42.5 Å². The summed E-state index contributed by atoms with van der Waals surface area (Å²) in [6, 6.07) is -22.7. The number of hydrogen-bond donors (Lipinski definition) is 0. The predicted octanol–water partition coefficient (Wildman–Crippen LogP) is 16.0. The molecule has 0 aliphatic heterocycles. The Balaban J connectivity index is 1.31. The largest absolute Gasteiger partial charge is 0.455 e. The van der Waals surface area contributed by atoms with Crippen LogP contribution in [-0.4, -0.2) is 0 Å². The molecule has 0 radical (unpaired) electrons. The fraction of sp³-hybridized carbons (Fsp3) is 0. The highest BCUT2D eigenvalue weighted by Crippen LogP contribution is 2.46. The third-order valence-electron chi connectivity index (χ3n) is 8.85. The summed E-state index contributed by atoms with van der Waals surface area (Å²) in [7, 11) is 0. The van der Waals surface area contributed by atoms with Crippen LogP contribution in [0.15, 0.2) is 210 Å². The van der Waals surface area contributed by atoms with Gasteiger partial charge in [-0.25, -0.2) is 0 Å². The van der Waals surface area contributed by atoms with Gasteiger partial charge < -0.3 is 4.42 Å². The van der Waals surface area contributed by atoms with Gasteiger partial charge in [-0.1, -0.05) is 169 Å². The maximum Gasteiger partial charge on any atom is 0.143 e. The first-order chi connectivity index (χ1) is 40.6. The van der Waals surface area contributed by atoms with Crippen molar-refractivity contribution in [3.05, 3.63) is 206 Å². The van der Waals surface area contributed by atoms with Gasteiger partial charge in [0, 0.05) is 47.6 Å². The molecule has 11 aromatic rings. The van der Waals surface area contributed by atoms with Crippen molar-refractivity contribution < 1.29 is 46.9 Å². The van der Waals surface area contributed by atoms with Crippen molar-refractivity contribution in [3.8, 4) is 66.8 Å². The second-order valence-electron chi connectivity index (χ2n) is 12.1. The molecule has 1 nitrogen and oxygen atoms in total. The maximum atomic E-state index is 9.96. The third kappa shape index (κ3) is 5.54. The van der Waals surface area contributed by atoms with Crippen LogP contribution in [0.25, 0.3) is 109 Å². The molecule has 2 heterocycles. The fourth-order valence-electron chi connectivity index (χ4n) is 6.37. The lowest BCUT2D eigenvalue weighted by Crippen LogP contribution is -1.87. The highest BCUT2D eigenvalue weighted by atomic mass is 32.1. The molecule has 0 atom stereocenters. The first-order valence-corrected chi connectivity index (χ1v) is 17.4. The van der Waals surface area contributed by atoms with E-state index in [-0.39, 0.29) is 36.9 Å². The Kier molecular flexibility index (Phi) is 3.33. The highest BCUT2D eigenvalue weighted by molar-refractivity contribution is 7.26. The van der Waals surface area contributed by atoms with Crippen molar-refractivity contribution in [1.29, 1.82) is 0 Å². The van der Waals surface area contributed by atoms with Gasteiger partial charge in [0.25, 0.3) is 0 Å². The molecule has 0 bridgehead atoms. The fourth-order valence-corrected chi connectivity index (χ4v) is 7.44. The minimum Gasteiger partial charge on any atom is -0.455 e. The van der Waals surface area contributed by atoms with Crippen molar-refractivity contribution in [1.82, 2.24) is 0 Å². The van der Waals surface area contributed by atoms with Crippen molar-refractivity contribution in [2.24, 2.45) is 0 Å². The maximum absolute atomic E-state index is 9.96. The van der Waals surface area contributed by atoms with E-state index in [2.05, 4.69) is 0 Å². The van der Waals surface area contributed by atoms with Gasteiger partial charge in [-0.05, 0) is 86.4 Å². The van der Waals surface area contributed by atoms with Crippen LogP contribution in [-0.2, 0) is 0 Å². The number of benzene rings is 9. The SMILES string of the molecule is [2H]c1c([2H])c([2H])c(-c2cc(-c3c([2H])c([2H])c(-c4c([2H])c([2H])c([2H])c([2H])c4[2H])c([2H])c3[2H])cc(-c3c([2H])c([2H])c([2H])c4c3oc3c(-c5c([2H])c(-c6c([2H])c([2H])c([2H])c([2H])c6[2H])c6sc7c([2H])c([2H])c([2H])c([2H])c7c6c5[2H])c([2H])c([2H])c([2H])c34)c2)c([2H])c1[2H]. The summed E-state index contributed by atoms with van der Waals surface area (Å²) in [5.74, 6) is 0. The van der Waals surface area contributed by atoms with Gasteiger partial charge in [-0.15, -0.1) is 11.3 Å². The van der Waals surface area contributed by atoms with Crippen LogP contribution in [0, 0.1) is 0 Å². The van der Waals surface area contributed by atoms with Crippen LogP contribution >= 0.6 is 11.3 Å². The van der Waals surface area contributed by atoms with E-state index in [9.17, 15) is 16.4 Å². The number of hydrogen-bond acceptors (Lipinski definition) is 2. The Morgan fingerprint density at radius 1 is 0.321 bits per heavy atom. The Labute approximate surface area is 372 Å². The Hall–Kier alpha value is -7.00. The summed E-state index contributed by atoms with van der Waals surface area (Å²) < 4.78 is 283. The number of fused-ring (bicyclic) bond motifs is 6. The number of rotatable bonds is 6. The Morgan fingerprint density at radius 2 is 0.786 bits per heavy atom. The minimum absolute atomic E-state index is 0.185. The number of thiophene rings is 1. The van der Waals surface area contributed by atoms with Gasteiger partial charge in [-0.3, -0.25) is 0 Å². The molecule has 0 fully saturated rings. The average Bonchev–Trinajstić information content (AvgIpc) is 1.62. The molecular formula is C54H34OS. The summed E-state index contributed by atoms with van der Waals surface area (Å²) in [4.78, 5) is 0. The third-order valence-corrected chi connectivity index (χ3v) is 9.97. The quantitative estimate of drug-likeness (QED) is 0.164. The van der Waals surface area contributed by atoms with E-state index in [1.165, 1.54) is 0 Å². The van der Waals surface area contributed by atoms with Gasteiger partial charge in [0.15, 0.2) is 0 Å². The molecule has 56 heavy (non-hydrogen) atoms. The lowest BCUT2D eigenvalue weighted by molar-refractivity contribution is 0.671. The van der Waals surface area contributed by atoms with Crippen LogP contribution in [0.4, 0.5) is 0 Å². The van der Waals surface area contributed by atoms with E-state index in [0.717, 1.165) is 18.2 Å². The van der Waals surface area contributed by atoms with E-state index >= 15 is 0 Å². The van der Waals surface area contributed by atoms with E-state index in [1.807, 2.05) is 0 Å². The minimum atomic E-state index is -0.955. The molecule has 262 valence electrons. The normalized spacial score (nSPS) is 19.3. The summed E-state index contributed by atoms with van der Waals surface area (Å²) in [5.41, 5.74) is -7.95. The molecule has 0 unspecified atom stereocenters. The molecule has 2 heteroatoms. The summed E-state index contributed by atoms with van der Waals surface area (Å²) in [5, 5.41) is -1.75. The lowest BCUT2D eigenvalue weighted by Gasteiger charge is -2.12. The Morgan fingerprint density at radius 3 is 1.41 bits per heavy atom. The molecule has 0 saturated carbocycles. The van der Waals surface area contributed by atoms with Crippen LogP contribution in [0.1, 0.15) is 42.5 Å². The van der Waals surface area contributed by atoms with Crippen molar-refractivity contribution in [2.75, 3.05) is 0 Å². The second kappa shape index (κ2) is 13.4. The molecule has 0 saturated heterocycles. The van der Waals surface area contributed by atoms with Gasteiger partial charge in [0.2, 0.25) is 0 Å². The molecular weight excluding hydrogens is 697 g/mol. The van der Waals surface area contributed by atoms with Crippen LogP contribution in [0.2, 0.25) is 0 Å². The first kappa shape index (κ1) is 13.9. The molecule has 0 N–H and O–H groups in total. The topological polar surface area (TPSA) is 13.1 Å². The first-order valence-electron chi connectivity index (χ1n) is 32.0. The summed E-state index contributed by atoms with van der Waals surface area (Å²) in [6.45, 7) is 0. The second-order valence-corrected chi connectivity index (χ2v) is 13.1. The zero-order chi connectivity index (χ0) is 64.0. The molecule has 9 aromatic carbocycles. The number of para-hydroxylation sites is 2. The molecule has 0 aliphatic rings.